The molecular weight excluding hydrogens is 592 g/mol. The number of rotatable bonds is 6. The molecule has 2 aromatic rings. The number of phenols is 1. The molecule has 0 radical (unpaired) electrons. The Kier molecular flexibility index (Phi) is 7.13. The van der Waals surface area contributed by atoms with E-state index < -0.39 is 40.8 Å². The van der Waals surface area contributed by atoms with Crippen LogP contribution in [0.25, 0.3) is 0 Å². The van der Waals surface area contributed by atoms with E-state index >= 15 is 0 Å². The van der Waals surface area contributed by atoms with Crippen LogP contribution in [0, 0.1) is 0 Å². The summed E-state index contributed by atoms with van der Waals surface area (Å²) in [6.45, 7) is 1.87. The van der Waals surface area contributed by atoms with Crippen LogP contribution in [0.1, 0.15) is 60.1 Å². The Morgan fingerprint density at radius 1 is 1.12 bits per heavy atom. The lowest BCUT2D eigenvalue weighted by atomic mass is 9.95. The summed E-state index contributed by atoms with van der Waals surface area (Å²) in [5.74, 6) is -0.678. The van der Waals surface area contributed by atoms with E-state index in [-0.39, 0.29) is 54.9 Å². The largest absolute Gasteiger partial charge is 0.508 e. The molecule has 14 heteroatoms. The maximum atomic E-state index is 14.1. The van der Waals surface area contributed by atoms with E-state index in [2.05, 4.69) is 20.1 Å². The molecule has 4 fully saturated rings. The number of benzene rings is 1. The van der Waals surface area contributed by atoms with Crippen LogP contribution in [-0.2, 0) is 12.6 Å². The van der Waals surface area contributed by atoms with Gasteiger partial charge in [0.05, 0.1) is 21.8 Å². The van der Waals surface area contributed by atoms with Crippen molar-refractivity contribution in [2.75, 3.05) is 49.3 Å². The SMILES string of the molecule is O=C1c2nc(OC[C@]34CCCN3[C@@H](CF)CC4)nc(N3C[C@H]4CC[C@@H](C3)N4)c2CCN1c1cc(O)cc(Cl)c1C(F)(F)F. The fraction of sp³-hybridized carbons (Fsp3) is 0.621. The molecular formula is C29H33ClF4N6O3. The molecule has 4 saturated heterocycles. The Labute approximate surface area is 251 Å². The van der Waals surface area contributed by atoms with Gasteiger partial charge < -0.3 is 25.0 Å². The molecule has 2 N–H and O–H groups in total. The van der Waals surface area contributed by atoms with Crippen molar-refractivity contribution in [2.24, 2.45) is 0 Å². The van der Waals surface area contributed by atoms with Crippen LogP contribution >= 0.6 is 11.6 Å². The number of fused-ring (bicyclic) bond motifs is 4. The number of aromatic nitrogens is 2. The standard InChI is InChI=1S/C29H33ClF4N6O3/c30-21-10-19(41)11-22(23(21)29(32,33)34)39-9-5-20-24(26(39)42)36-27(37-25(20)38-13-16-2-3-17(14-38)35-16)43-15-28-6-1-8-40(28)18(12-31)4-7-28/h10-11,16-18,35,41H,1-9,12-15H2/t16-,17+,18-,28-/m1/s1. The molecule has 5 aliphatic rings. The van der Waals surface area contributed by atoms with E-state index in [9.17, 15) is 27.5 Å². The molecule has 6 heterocycles. The molecule has 232 valence electrons. The number of phenolic OH excluding ortho intramolecular Hbond substituents is 1. The van der Waals surface area contributed by atoms with Crippen LogP contribution in [0.4, 0.5) is 29.1 Å². The van der Waals surface area contributed by atoms with Crippen molar-refractivity contribution in [3.8, 4) is 11.8 Å². The summed E-state index contributed by atoms with van der Waals surface area (Å²) in [5.41, 5.74) is -1.52. The molecule has 5 aliphatic heterocycles. The van der Waals surface area contributed by atoms with Gasteiger partial charge in [-0.15, -0.1) is 0 Å². The predicted molar refractivity (Wildman–Crippen MR) is 151 cm³/mol. The quantitative estimate of drug-likeness (QED) is 0.459. The first-order chi connectivity index (χ1) is 20.6. The van der Waals surface area contributed by atoms with Crippen molar-refractivity contribution in [3.63, 3.8) is 0 Å². The van der Waals surface area contributed by atoms with E-state index in [0.717, 1.165) is 62.1 Å². The lowest BCUT2D eigenvalue weighted by molar-refractivity contribution is -0.137. The van der Waals surface area contributed by atoms with E-state index in [1.54, 1.807) is 0 Å². The Balaban J connectivity index is 1.26. The zero-order chi connectivity index (χ0) is 30.1. The summed E-state index contributed by atoms with van der Waals surface area (Å²) in [6, 6.07) is 2.09. The van der Waals surface area contributed by atoms with E-state index in [0.29, 0.717) is 24.5 Å². The molecule has 1 amide bonds. The highest BCUT2D eigenvalue weighted by atomic mass is 35.5. The molecule has 43 heavy (non-hydrogen) atoms. The van der Waals surface area contributed by atoms with Crippen LogP contribution < -0.4 is 19.9 Å². The number of alkyl halides is 4. The number of hydrogen-bond acceptors (Lipinski definition) is 8. The molecule has 2 bridgehead atoms. The summed E-state index contributed by atoms with van der Waals surface area (Å²) in [5, 5.41) is 13.0. The molecule has 9 nitrogen and oxygen atoms in total. The van der Waals surface area contributed by atoms with Gasteiger partial charge in [0.15, 0.2) is 0 Å². The number of amides is 1. The Morgan fingerprint density at radius 3 is 2.60 bits per heavy atom. The lowest BCUT2D eigenvalue weighted by Crippen LogP contribution is -2.52. The molecule has 1 aromatic heterocycles. The third-order valence-corrected chi connectivity index (χ3v) is 10.1. The number of nitrogens with zero attached hydrogens (tertiary/aromatic N) is 5. The second-order valence-electron chi connectivity index (χ2n) is 12.4. The van der Waals surface area contributed by atoms with E-state index in [1.807, 2.05) is 0 Å². The fourth-order valence-electron chi connectivity index (χ4n) is 7.89. The van der Waals surface area contributed by atoms with Crippen molar-refractivity contribution in [2.45, 2.75) is 74.8 Å². The number of hydrogen-bond donors (Lipinski definition) is 2. The highest BCUT2D eigenvalue weighted by molar-refractivity contribution is 6.32. The number of halogens is 5. The molecule has 0 spiro atoms. The minimum atomic E-state index is -4.86. The van der Waals surface area contributed by atoms with Crippen molar-refractivity contribution in [3.05, 3.63) is 34.0 Å². The summed E-state index contributed by atoms with van der Waals surface area (Å²) < 4.78 is 62.2. The Bertz CT molecular complexity index is 1430. The van der Waals surface area contributed by atoms with Crippen molar-refractivity contribution in [1.82, 2.24) is 20.2 Å². The molecule has 7 rings (SSSR count). The van der Waals surface area contributed by atoms with Crippen LogP contribution in [0.5, 0.6) is 11.8 Å². The number of ether oxygens (including phenoxy) is 1. The smallest absolute Gasteiger partial charge is 0.419 e. The number of aromatic hydroxyl groups is 1. The first-order valence-corrected chi connectivity index (χ1v) is 15.2. The van der Waals surface area contributed by atoms with Crippen LogP contribution in [0.2, 0.25) is 5.02 Å². The number of nitrogens with one attached hydrogen (secondary N) is 1. The van der Waals surface area contributed by atoms with Gasteiger partial charge in [-0.05, 0) is 57.6 Å². The molecule has 0 aliphatic carbocycles. The zero-order valence-electron chi connectivity index (χ0n) is 23.5. The van der Waals surface area contributed by atoms with Crippen molar-refractivity contribution < 1.29 is 32.2 Å². The topological polar surface area (TPSA) is 94.1 Å². The summed E-state index contributed by atoms with van der Waals surface area (Å²) in [4.78, 5) is 28.5. The molecule has 0 saturated carbocycles. The van der Waals surface area contributed by atoms with Gasteiger partial charge in [0.25, 0.3) is 5.91 Å². The van der Waals surface area contributed by atoms with Gasteiger partial charge in [-0.2, -0.15) is 23.1 Å². The summed E-state index contributed by atoms with van der Waals surface area (Å²) in [6.07, 6.45) is 0.698. The summed E-state index contributed by atoms with van der Waals surface area (Å²) in [7, 11) is 0. The monoisotopic (exact) mass is 624 g/mol. The second kappa shape index (κ2) is 10.6. The van der Waals surface area contributed by atoms with Crippen LogP contribution in [0.3, 0.4) is 0 Å². The maximum absolute atomic E-state index is 14.1. The van der Waals surface area contributed by atoms with Crippen molar-refractivity contribution in [1.29, 1.82) is 0 Å². The van der Waals surface area contributed by atoms with Gasteiger partial charge in [0, 0.05) is 49.4 Å². The van der Waals surface area contributed by atoms with E-state index in [1.165, 1.54) is 0 Å². The minimum Gasteiger partial charge on any atom is -0.508 e. The number of carbonyl (C=O) groups is 1. The van der Waals surface area contributed by atoms with Gasteiger partial charge in [0.1, 0.15) is 30.5 Å². The Hall–Kier alpha value is -2.90. The maximum Gasteiger partial charge on any atom is 0.419 e. The lowest BCUT2D eigenvalue weighted by Gasteiger charge is -2.37. The molecule has 1 aromatic carbocycles. The zero-order valence-corrected chi connectivity index (χ0v) is 24.2. The number of anilines is 2. The predicted octanol–water partition coefficient (Wildman–Crippen LogP) is 4.34. The number of piperazine rings is 1. The van der Waals surface area contributed by atoms with Crippen LogP contribution in [-0.4, -0.2) is 89.0 Å². The average Bonchev–Trinajstić information content (AvgIpc) is 3.63. The third kappa shape index (κ3) is 4.97. The highest BCUT2D eigenvalue weighted by Gasteiger charge is 2.50. The van der Waals surface area contributed by atoms with Crippen molar-refractivity contribution >= 4 is 29.0 Å². The van der Waals surface area contributed by atoms with Gasteiger partial charge in [-0.3, -0.25) is 9.69 Å². The Morgan fingerprint density at radius 2 is 1.88 bits per heavy atom. The third-order valence-electron chi connectivity index (χ3n) is 9.82. The first kappa shape index (κ1) is 28.8. The van der Waals surface area contributed by atoms with Gasteiger partial charge in [0.2, 0.25) is 0 Å². The fourth-order valence-corrected chi connectivity index (χ4v) is 8.20. The average molecular weight is 625 g/mol. The first-order valence-electron chi connectivity index (χ1n) is 14.9. The second-order valence-corrected chi connectivity index (χ2v) is 12.8. The van der Waals surface area contributed by atoms with Crippen LogP contribution in [0.15, 0.2) is 12.1 Å². The molecule has 4 atom stereocenters. The number of carbonyl (C=O) groups excluding carboxylic acids is 1. The van der Waals surface area contributed by atoms with Gasteiger partial charge in [-0.25, -0.2) is 4.39 Å². The summed E-state index contributed by atoms with van der Waals surface area (Å²) >= 11 is 5.94. The molecule has 0 unspecified atom stereocenters. The minimum absolute atomic E-state index is 0.0234. The van der Waals surface area contributed by atoms with Gasteiger partial charge >= 0.3 is 12.2 Å². The van der Waals surface area contributed by atoms with Gasteiger partial charge in [-0.1, -0.05) is 11.6 Å². The normalized spacial score (nSPS) is 28.9. The highest BCUT2D eigenvalue weighted by Crippen LogP contribution is 2.46. The van der Waals surface area contributed by atoms with E-state index in [4.69, 9.17) is 21.3 Å².